The van der Waals surface area contributed by atoms with Crippen molar-refractivity contribution in [2.45, 2.75) is 19.8 Å². The Labute approximate surface area is 141 Å². The van der Waals surface area contributed by atoms with Crippen molar-refractivity contribution in [3.63, 3.8) is 0 Å². The minimum absolute atomic E-state index is 0.175. The largest absolute Gasteiger partial charge is 0.381 e. The molecule has 1 aromatic rings. The third kappa shape index (κ3) is 3.19. The lowest BCUT2D eigenvalue weighted by atomic mass is 9.99. The van der Waals surface area contributed by atoms with Crippen LogP contribution in [0.1, 0.15) is 40.5 Å². The maximum atomic E-state index is 12.6. The van der Waals surface area contributed by atoms with Gasteiger partial charge in [0.1, 0.15) is 6.54 Å². The highest BCUT2D eigenvalue weighted by Gasteiger charge is 2.37. The van der Waals surface area contributed by atoms with Gasteiger partial charge in [-0.3, -0.25) is 19.3 Å². The van der Waals surface area contributed by atoms with E-state index in [0.29, 0.717) is 43.3 Å². The zero-order valence-corrected chi connectivity index (χ0v) is 13.9. The van der Waals surface area contributed by atoms with Gasteiger partial charge in [-0.25, -0.2) is 0 Å². The van der Waals surface area contributed by atoms with Gasteiger partial charge in [-0.15, -0.1) is 0 Å². The normalized spacial score (nSPS) is 20.5. The smallest absolute Gasteiger partial charge is 0.262 e. The van der Waals surface area contributed by atoms with Crippen LogP contribution in [-0.2, 0) is 9.53 Å². The second kappa shape index (κ2) is 7.13. The van der Waals surface area contributed by atoms with Gasteiger partial charge in [-0.05, 0) is 37.8 Å². The Morgan fingerprint density at radius 3 is 2.50 bits per heavy atom. The number of ether oxygens (including phenoxy) is 1. The molecular weight excluding hydrogens is 308 g/mol. The fourth-order valence-corrected chi connectivity index (χ4v) is 3.33. The Kier molecular flexibility index (Phi) is 4.94. The van der Waals surface area contributed by atoms with Gasteiger partial charge < -0.3 is 9.64 Å². The van der Waals surface area contributed by atoms with Crippen molar-refractivity contribution in [3.05, 3.63) is 35.4 Å². The molecule has 1 saturated heterocycles. The average molecular weight is 330 g/mol. The quantitative estimate of drug-likeness (QED) is 0.769. The number of carbonyl (C=O) groups is 3. The summed E-state index contributed by atoms with van der Waals surface area (Å²) in [6, 6.07) is 6.69. The summed E-state index contributed by atoms with van der Waals surface area (Å²) in [4.78, 5) is 40.0. The van der Waals surface area contributed by atoms with E-state index >= 15 is 0 Å². The molecule has 6 nitrogen and oxygen atoms in total. The van der Waals surface area contributed by atoms with Crippen molar-refractivity contribution in [1.82, 2.24) is 9.80 Å². The summed E-state index contributed by atoms with van der Waals surface area (Å²) in [5, 5.41) is 0. The third-order valence-electron chi connectivity index (χ3n) is 4.60. The van der Waals surface area contributed by atoms with Crippen LogP contribution in [-0.4, -0.2) is 60.4 Å². The van der Waals surface area contributed by atoms with Gasteiger partial charge in [0.05, 0.1) is 17.7 Å². The second-order valence-electron chi connectivity index (χ2n) is 6.25. The van der Waals surface area contributed by atoms with Crippen molar-refractivity contribution in [3.8, 4) is 0 Å². The molecule has 6 heteroatoms. The topological polar surface area (TPSA) is 66.9 Å². The van der Waals surface area contributed by atoms with E-state index in [9.17, 15) is 14.4 Å². The molecule has 0 aromatic heterocycles. The number of hydrogen-bond donors (Lipinski definition) is 0. The second-order valence-corrected chi connectivity index (χ2v) is 6.25. The number of benzene rings is 1. The van der Waals surface area contributed by atoms with Gasteiger partial charge in [-0.2, -0.15) is 0 Å². The zero-order valence-electron chi connectivity index (χ0n) is 13.9. The van der Waals surface area contributed by atoms with Crippen LogP contribution in [0.4, 0.5) is 0 Å². The van der Waals surface area contributed by atoms with E-state index < -0.39 is 0 Å². The highest BCUT2D eigenvalue weighted by Crippen LogP contribution is 2.23. The van der Waals surface area contributed by atoms with Gasteiger partial charge in [0.2, 0.25) is 5.91 Å². The standard InChI is InChI=1S/C18H22N2O4/c1-2-24-12-13-6-5-9-19(10-13)16(21)11-20-17(22)14-7-3-4-8-15(14)18(20)23/h3-4,7-8,13H,2,5-6,9-12H2,1H3. The molecule has 1 fully saturated rings. The molecule has 2 aliphatic heterocycles. The number of hydrogen-bond acceptors (Lipinski definition) is 4. The number of imide groups is 1. The fourth-order valence-electron chi connectivity index (χ4n) is 3.33. The van der Waals surface area contributed by atoms with E-state index in [1.54, 1.807) is 29.2 Å². The number of nitrogens with zero attached hydrogens (tertiary/aromatic N) is 2. The van der Waals surface area contributed by atoms with Crippen molar-refractivity contribution >= 4 is 17.7 Å². The first kappa shape index (κ1) is 16.6. The van der Waals surface area contributed by atoms with Crippen LogP contribution in [0.2, 0.25) is 0 Å². The Balaban J connectivity index is 1.63. The summed E-state index contributed by atoms with van der Waals surface area (Å²) in [7, 11) is 0. The number of fused-ring (bicyclic) bond motifs is 1. The molecule has 128 valence electrons. The van der Waals surface area contributed by atoms with E-state index in [0.717, 1.165) is 17.7 Å². The van der Waals surface area contributed by atoms with Crippen LogP contribution in [0.25, 0.3) is 0 Å². The first-order chi connectivity index (χ1) is 11.6. The summed E-state index contributed by atoms with van der Waals surface area (Å²) in [5.41, 5.74) is 0.756. The number of amides is 3. The molecule has 1 atom stereocenters. The van der Waals surface area contributed by atoms with Crippen molar-refractivity contribution in [1.29, 1.82) is 0 Å². The molecule has 3 amide bonds. The average Bonchev–Trinajstić information content (AvgIpc) is 2.85. The molecule has 0 radical (unpaired) electrons. The molecule has 1 aromatic carbocycles. The third-order valence-corrected chi connectivity index (χ3v) is 4.60. The lowest BCUT2D eigenvalue weighted by Crippen LogP contribution is -2.47. The van der Waals surface area contributed by atoms with E-state index in [2.05, 4.69) is 0 Å². The molecular formula is C18H22N2O4. The Bertz CT molecular complexity index is 623. The number of carbonyl (C=O) groups excluding carboxylic acids is 3. The highest BCUT2D eigenvalue weighted by molar-refractivity contribution is 6.22. The summed E-state index contributed by atoms with van der Waals surface area (Å²) >= 11 is 0. The molecule has 0 bridgehead atoms. The summed E-state index contributed by atoms with van der Waals surface area (Å²) in [5.74, 6) is -0.616. The molecule has 1 unspecified atom stereocenters. The van der Waals surface area contributed by atoms with Gasteiger partial charge in [-0.1, -0.05) is 12.1 Å². The number of rotatable bonds is 5. The summed E-state index contributed by atoms with van der Waals surface area (Å²) < 4.78 is 5.45. The monoisotopic (exact) mass is 330 g/mol. The number of piperidine rings is 1. The minimum Gasteiger partial charge on any atom is -0.381 e. The molecule has 0 aliphatic carbocycles. The predicted octanol–water partition coefficient (Wildman–Crippen LogP) is 1.56. The number of likely N-dealkylation sites (tertiary alicyclic amines) is 1. The molecule has 0 N–H and O–H groups in total. The van der Waals surface area contributed by atoms with Crippen LogP contribution in [0.3, 0.4) is 0 Å². The lowest BCUT2D eigenvalue weighted by Gasteiger charge is -2.33. The molecule has 24 heavy (non-hydrogen) atoms. The SMILES string of the molecule is CCOCC1CCCN(C(=O)CN2C(=O)c3ccccc3C2=O)C1. The molecule has 3 rings (SSSR count). The van der Waals surface area contributed by atoms with E-state index in [-0.39, 0.29) is 24.3 Å². The molecule has 0 spiro atoms. The maximum absolute atomic E-state index is 12.6. The minimum atomic E-state index is -0.383. The molecule has 2 aliphatic rings. The fraction of sp³-hybridized carbons (Fsp3) is 0.500. The van der Waals surface area contributed by atoms with E-state index in [1.807, 2.05) is 6.92 Å². The van der Waals surface area contributed by atoms with Gasteiger partial charge in [0.15, 0.2) is 0 Å². The van der Waals surface area contributed by atoms with E-state index in [4.69, 9.17) is 4.74 Å². The van der Waals surface area contributed by atoms with Crippen molar-refractivity contribution in [2.75, 3.05) is 32.8 Å². The van der Waals surface area contributed by atoms with Crippen LogP contribution >= 0.6 is 0 Å². The van der Waals surface area contributed by atoms with Crippen LogP contribution < -0.4 is 0 Å². The van der Waals surface area contributed by atoms with Gasteiger partial charge in [0.25, 0.3) is 11.8 Å². The van der Waals surface area contributed by atoms with Gasteiger partial charge in [0, 0.05) is 19.7 Å². The van der Waals surface area contributed by atoms with Gasteiger partial charge >= 0.3 is 0 Å². The van der Waals surface area contributed by atoms with Crippen molar-refractivity contribution < 1.29 is 19.1 Å². The first-order valence-corrected chi connectivity index (χ1v) is 8.42. The maximum Gasteiger partial charge on any atom is 0.262 e. The van der Waals surface area contributed by atoms with Crippen LogP contribution in [0.5, 0.6) is 0 Å². The predicted molar refractivity (Wildman–Crippen MR) is 87.6 cm³/mol. The summed E-state index contributed by atoms with van der Waals surface area (Å²) in [6.07, 6.45) is 1.96. The zero-order chi connectivity index (χ0) is 17.1. The Hall–Kier alpha value is -2.21. The molecule has 2 heterocycles. The highest BCUT2D eigenvalue weighted by atomic mass is 16.5. The Morgan fingerprint density at radius 1 is 1.21 bits per heavy atom. The summed E-state index contributed by atoms with van der Waals surface area (Å²) in [6.45, 7) is 4.38. The van der Waals surface area contributed by atoms with E-state index in [1.165, 1.54) is 0 Å². The Morgan fingerprint density at radius 2 is 1.88 bits per heavy atom. The molecule has 0 saturated carbocycles. The first-order valence-electron chi connectivity index (χ1n) is 8.42. The lowest BCUT2D eigenvalue weighted by molar-refractivity contribution is -0.133. The van der Waals surface area contributed by atoms with Crippen molar-refractivity contribution in [2.24, 2.45) is 5.92 Å². The van der Waals surface area contributed by atoms with Crippen LogP contribution in [0, 0.1) is 5.92 Å². The van der Waals surface area contributed by atoms with Crippen LogP contribution in [0.15, 0.2) is 24.3 Å².